The lowest BCUT2D eigenvalue weighted by molar-refractivity contribution is 0.0227. The Balaban J connectivity index is 1.28. The maximum atomic E-state index is 13.7. The SMILES string of the molecule is COc1cc(C(=O)N2CC[C@@H](OC)[C@@H](N)C2)cc2nc(-c3cc4ccc5nc4n3CCCCCc3cccc(C)c3C(=O)N[C@@H]5C)n(C)c12. The number of carbonyl (C=O) groups is 2. The second kappa shape index (κ2) is 13.3. The molecule has 1 fully saturated rings. The number of aromatic nitrogens is 4. The van der Waals surface area contributed by atoms with Crippen LogP contribution in [-0.4, -0.2) is 75.3 Å². The number of nitrogens with zero attached hydrogens (tertiary/aromatic N) is 5. The van der Waals surface area contributed by atoms with Crippen molar-refractivity contribution in [3.8, 4) is 17.3 Å². The molecule has 5 heterocycles. The van der Waals surface area contributed by atoms with E-state index in [9.17, 15) is 9.59 Å². The summed E-state index contributed by atoms with van der Waals surface area (Å²) in [4.78, 5) is 39.3. The van der Waals surface area contributed by atoms with Gasteiger partial charge in [-0.2, -0.15) is 0 Å². The fourth-order valence-corrected chi connectivity index (χ4v) is 7.60. The predicted octanol–water partition coefficient (Wildman–Crippen LogP) is 5.31. The molecular weight excluding hydrogens is 618 g/mol. The molecule has 11 heteroatoms. The molecule has 2 aliphatic rings. The van der Waals surface area contributed by atoms with Crippen molar-refractivity contribution in [1.29, 1.82) is 0 Å². The summed E-state index contributed by atoms with van der Waals surface area (Å²) in [5.41, 5.74) is 13.7. The van der Waals surface area contributed by atoms with Crippen molar-refractivity contribution < 1.29 is 19.1 Å². The van der Waals surface area contributed by atoms with E-state index in [1.807, 2.05) is 49.7 Å². The molecule has 3 atom stereocenters. The number of imidazole rings is 1. The summed E-state index contributed by atoms with van der Waals surface area (Å²) in [6, 6.07) is 15.4. The Hall–Kier alpha value is -4.74. The highest BCUT2D eigenvalue weighted by Crippen LogP contribution is 2.35. The van der Waals surface area contributed by atoms with Crippen LogP contribution >= 0.6 is 0 Å². The number of nitrogens with one attached hydrogen (secondary N) is 1. The van der Waals surface area contributed by atoms with Gasteiger partial charge in [-0.25, -0.2) is 9.97 Å². The zero-order valence-corrected chi connectivity index (χ0v) is 29.0. The molecule has 5 aromatic rings. The number of pyridine rings is 1. The number of hydrogen-bond acceptors (Lipinski definition) is 7. The fourth-order valence-electron chi connectivity index (χ4n) is 7.60. The normalized spacial score (nSPS) is 20.3. The summed E-state index contributed by atoms with van der Waals surface area (Å²) in [6.07, 6.45) is 4.39. The average molecular weight is 664 g/mol. The Kier molecular flexibility index (Phi) is 8.89. The minimum Gasteiger partial charge on any atom is -0.494 e. The van der Waals surface area contributed by atoms with E-state index in [0.29, 0.717) is 36.3 Å². The van der Waals surface area contributed by atoms with Crippen molar-refractivity contribution in [1.82, 2.24) is 29.3 Å². The van der Waals surface area contributed by atoms with E-state index in [2.05, 4.69) is 28.1 Å². The average Bonchev–Trinajstić information content (AvgIpc) is 3.63. The lowest BCUT2D eigenvalue weighted by atomic mass is 9.96. The maximum Gasteiger partial charge on any atom is 0.254 e. The summed E-state index contributed by atoms with van der Waals surface area (Å²) < 4.78 is 15.6. The Labute approximate surface area is 286 Å². The highest BCUT2D eigenvalue weighted by molar-refractivity contribution is 6.00. The first-order chi connectivity index (χ1) is 23.7. The number of benzene rings is 2. The Morgan fingerprint density at radius 2 is 1.88 bits per heavy atom. The van der Waals surface area contributed by atoms with E-state index >= 15 is 0 Å². The van der Waals surface area contributed by atoms with Crippen LogP contribution in [-0.2, 0) is 24.8 Å². The Bertz CT molecular complexity index is 2060. The number of hydrogen-bond donors (Lipinski definition) is 2. The third-order valence-corrected chi connectivity index (χ3v) is 10.3. The summed E-state index contributed by atoms with van der Waals surface area (Å²) in [5, 5.41) is 4.21. The molecule has 11 nitrogen and oxygen atoms in total. The first-order valence-corrected chi connectivity index (χ1v) is 17.2. The molecule has 0 aliphatic carbocycles. The van der Waals surface area contributed by atoms with Crippen LogP contribution in [0, 0.1) is 6.92 Å². The van der Waals surface area contributed by atoms with Crippen LogP contribution in [0.5, 0.6) is 5.75 Å². The van der Waals surface area contributed by atoms with Gasteiger partial charge in [0.2, 0.25) is 0 Å². The number of likely N-dealkylation sites (tertiary alicyclic amines) is 1. The second-order valence-electron chi connectivity index (χ2n) is 13.5. The maximum absolute atomic E-state index is 13.7. The van der Waals surface area contributed by atoms with Gasteiger partial charge in [0.15, 0.2) is 5.82 Å². The molecule has 2 amide bonds. The van der Waals surface area contributed by atoms with E-state index in [-0.39, 0.29) is 30.0 Å². The number of rotatable bonds is 4. The zero-order chi connectivity index (χ0) is 34.4. The molecule has 0 saturated carbocycles. The summed E-state index contributed by atoms with van der Waals surface area (Å²) in [7, 11) is 5.26. The third kappa shape index (κ3) is 5.95. The number of methoxy groups -OCH3 is 2. The van der Waals surface area contributed by atoms with Gasteiger partial charge in [-0.3, -0.25) is 9.59 Å². The quantitative estimate of drug-likeness (QED) is 0.267. The van der Waals surface area contributed by atoms with E-state index in [4.69, 9.17) is 25.2 Å². The molecule has 7 rings (SSSR count). The van der Waals surface area contributed by atoms with Crippen LogP contribution in [0.2, 0.25) is 0 Å². The Morgan fingerprint density at radius 1 is 1.04 bits per heavy atom. The van der Waals surface area contributed by atoms with Crippen LogP contribution in [0.3, 0.4) is 0 Å². The van der Waals surface area contributed by atoms with Crippen LogP contribution in [0.15, 0.2) is 48.5 Å². The number of ether oxygens (including phenoxy) is 2. The largest absolute Gasteiger partial charge is 0.494 e. The molecule has 49 heavy (non-hydrogen) atoms. The van der Waals surface area contributed by atoms with Crippen molar-refractivity contribution in [2.24, 2.45) is 12.8 Å². The molecule has 0 radical (unpaired) electrons. The highest BCUT2D eigenvalue weighted by atomic mass is 16.5. The fraction of sp³-hybridized carbons (Fsp3) is 0.421. The molecule has 2 aromatic carbocycles. The lowest BCUT2D eigenvalue weighted by Crippen LogP contribution is -2.53. The molecule has 3 N–H and O–H groups in total. The van der Waals surface area contributed by atoms with Crippen molar-refractivity contribution in [2.75, 3.05) is 27.3 Å². The van der Waals surface area contributed by atoms with Crippen LogP contribution in [0.25, 0.3) is 33.6 Å². The van der Waals surface area contributed by atoms with Gasteiger partial charge in [-0.15, -0.1) is 0 Å². The van der Waals surface area contributed by atoms with Gasteiger partial charge >= 0.3 is 0 Å². The monoisotopic (exact) mass is 663 g/mol. The number of nitrogens with two attached hydrogens (primary N) is 1. The van der Waals surface area contributed by atoms with Gasteiger partial charge < -0.3 is 34.6 Å². The number of carbonyl (C=O) groups excluding carboxylic acids is 2. The van der Waals surface area contributed by atoms with Gasteiger partial charge in [0.05, 0.1) is 36.2 Å². The van der Waals surface area contributed by atoms with Crippen LogP contribution < -0.4 is 15.8 Å². The number of amides is 2. The molecular formula is C38H45N7O4. The van der Waals surface area contributed by atoms with Gasteiger partial charge in [-0.05, 0) is 81.0 Å². The molecule has 2 bridgehead atoms. The van der Waals surface area contributed by atoms with E-state index in [1.165, 1.54) is 0 Å². The van der Waals surface area contributed by atoms with Gasteiger partial charge in [0, 0.05) is 56.3 Å². The smallest absolute Gasteiger partial charge is 0.254 e. The second-order valence-corrected chi connectivity index (χ2v) is 13.5. The van der Waals surface area contributed by atoms with Gasteiger partial charge in [0.1, 0.15) is 16.9 Å². The van der Waals surface area contributed by atoms with Crippen LogP contribution in [0.1, 0.15) is 76.2 Å². The molecule has 1 saturated heterocycles. The topological polar surface area (TPSA) is 130 Å². The van der Waals surface area contributed by atoms with Crippen molar-refractivity contribution in [3.63, 3.8) is 0 Å². The lowest BCUT2D eigenvalue weighted by Gasteiger charge is -2.36. The standard InChI is InChI=1S/C38H45N7O4/c1-22-10-9-12-24-11-7-6-8-16-45-30(19-25-13-14-28(41-35(25)45)23(2)40-37(46)33(22)24)36-42-29-18-26(20-32(49-5)34(29)43(36)3)38(47)44-17-15-31(48-4)27(39)21-44/h9-10,12-14,18-20,23,27,31H,6-8,11,15-17,21,39H2,1-5H3,(H,40,46)/t23-,27+,31-/m1/s1. The molecule has 0 unspecified atom stereocenters. The van der Waals surface area contributed by atoms with Gasteiger partial charge in [-0.1, -0.05) is 24.6 Å². The summed E-state index contributed by atoms with van der Waals surface area (Å²) in [6.45, 7) is 5.74. The number of aryl methyl sites for hydroxylation is 4. The van der Waals surface area contributed by atoms with Crippen molar-refractivity contribution >= 4 is 33.9 Å². The molecule has 256 valence electrons. The molecule has 0 spiro atoms. The number of piperidine rings is 1. The van der Waals surface area contributed by atoms with E-state index in [1.54, 1.807) is 25.2 Å². The summed E-state index contributed by atoms with van der Waals surface area (Å²) >= 11 is 0. The minimum absolute atomic E-state index is 0.0588. The first-order valence-electron chi connectivity index (χ1n) is 17.2. The molecule has 2 aliphatic heterocycles. The van der Waals surface area contributed by atoms with Crippen molar-refractivity contribution in [2.45, 2.75) is 70.7 Å². The molecule has 3 aromatic heterocycles. The first kappa shape index (κ1) is 32.8. The Morgan fingerprint density at radius 3 is 2.65 bits per heavy atom. The van der Waals surface area contributed by atoms with E-state index in [0.717, 1.165) is 82.7 Å². The van der Waals surface area contributed by atoms with Crippen LogP contribution in [0.4, 0.5) is 0 Å². The minimum atomic E-state index is -0.287. The van der Waals surface area contributed by atoms with Gasteiger partial charge in [0.25, 0.3) is 11.8 Å². The number of fused-ring (bicyclic) bond motifs is 3. The third-order valence-electron chi connectivity index (χ3n) is 10.3. The van der Waals surface area contributed by atoms with E-state index < -0.39 is 0 Å². The van der Waals surface area contributed by atoms with Crippen molar-refractivity contribution in [3.05, 3.63) is 76.5 Å². The summed E-state index contributed by atoms with van der Waals surface area (Å²) in [5.74, 6) is 1.17. The predicted molar refractivity (Wildman–Crippen MR) is 190 cm³/mol. The highest BCUT2D eigenvalue weighted by Gasteiger charge is 2.31. The zero-order valence-electron chi connectivity index (χ0n) is 29.0.